The molecule has 1 saturated carbocycles. The van der Waals surface area contributed by atoms with Gasteiger partial charge in [-0.05, 0) is 62.9 Å². The fraction of sp³-hybridized carbons (Fsp3) is 0.500. The first-order valence-corrected chi connectivity index (χ1v) is 14.9. The number of nitrogens with zero attached hydrogens (tertiary/aromatic N) is 6. The molecule has 10 nitrogen and oxygen atoms in total. The average molecular weight is 594 g/mol. The number of piperidine rings is 1. The molecular weight excluding hydrogens is 561 g/mol. The predicted octanol–water partition coefficient (Wildman–Crippen LogP) is 2.88. The lowest BCUT2D eigenvalue weighted by Gasteiger charge is -2.38. The number of hydrogen-bond acceptors (Lipinski definition) is 6. The highest BCUT2D eigenvalue weighted by Gasteiger charge is 2.55. The normalized spacial score (nSPS) is 24.6. The van der Waals surface area contributed by atoms with Gasteiger partial charge in [-0.15, -0.1) is 0 Å². The first kappa shape index (κ1) is 27.3. The number of rotatable bonds is 4. The standard InChI is InChI=1S/C30H33ClFN7O3/c1-33-30-9-3-4-18(30)15-38(17-30)24(40)16-39-23-7-5-19(32)26(31)25(23)29(28(39)42)10-12-37(13-11-29)27(41)20-6-8-22-21(35-20)14-34-36(22)2/h5-8,14,18,33H,3-4,9-13,15-17H2,1-2H3/t18-,30-/m1/s1. The third-order valence-electron chi connectivity index (χ3n) is 10.2. The number of nitrogens with one attached hydrogen (secondary N) is 1. The minimum atomic E-state index is -1.11. The zero-order valence-corrected chi connectivity index (χ0v) is 24.5. The van der Waals surface area contributed by atoms with Gasteiger partial charge in [-0.25, -0.2) is 9.37 Å². The van der Waals surface area contributed by atoms with Crippen molar-refractivity contribution in [2.45, 2.75) is 43.1 Å². The molecule has 2 aromatic heterocycles. The molecule has 220 valence electrons. The molecule has 3 aromatic rings. The van der Waals surface area contributed by atoms with Gasteiger partial charge in [-0.1, -0.05) is 18.0 Å². The number of hydrogen-bond donors (Lipinski definition) is 1. The topological polar surface area (TPSA) is 104 Å². The number of carbonyl (C=O) groups excluding carboxylic acids is 3. The van der Waals surface area contributed by atoms with E-state index in [-0.39, 0.29) is 60.8 Å². The highest BCUT2D eigenvalue weighted by molar-refractivity contribution is 6.33. The lowest BCUT2D eigenvalue weighted by atomic mass is 9.73. The van der Waals surface area contributed by atoms with Gasteiger partial charge in [0.15, 0.2) is 0 Å². The van der Waals surface area contributed by atoms with Gasteiger partial charge >= 0.3 is 0 Å². The minimum Gasteiger partial charge on any atom is -0.339 e. The molecule has 4 aliphatic rings. The van der Waals surface area contributed by atoms with Gasteiger partial charge < -0.3 is 20.0 Å². The maximum atomic E-state index is 14.8. The van der Waals surface area contributed by atoms with Crippen molar-refractivity contribution in [3.05, 3.63) is 52.6 Å². The van der Waals surface area contributed by atoms with Crippen LogP contribution in [0.3, 0.4) is 0 Å². The van der Waals surface area contributed by atoms with Gasteiger partial charge in [-0.2, -0.15) is 5.10 Å². The second kappa shape index (κ2) is 9.74. The van der Waals surface area contributed by atoms with Crippen LogP contribution in [0.1, 0.15) is 48.2 Å². The number of aryl methyl sites for hydroxylation is 1. The van der Waals surface area contributed by atoms with E-state index in [1.807, 2.05) is 25.1 Å². The Kier molecular flexibility index (Phi) is 6.32. The molecule has 5 heterocycles. The zero-order valence-electron chi connectivity index (χ0n) is 23.7. The van der Waals surface area contributed by atoms with Crippen LogP contribution in [0.5, 0.6) is 0 Å². The summed E-state index contributed by atoms with van der Waals surface area (Å²) in [7, 11) is 3.77. The van der Waals surface area contributed by atoms with E-state index in [0.29, 0.717) is 41.5 Å². The maximum absolute atomic E-state index is 14.8. The second-order valence-corrected chi connectivity index (χ2v) is 12.5. The smallest absolute Gasteiger partial charge is 0.272 e. The molecule has 12 heteroatoms. The zero-order chi connectivity index (χ0) is 29.4. The molecule has 2 saturated heterocycles. The minimum absolute atomic E-state index is 0.0635. The molecule has 7 rings (SSSR count). The second-order valence-electron chi connectivity index (χ2n) is 12.2. The van der Waals surface area contributed by atoms with E-state index < -0.39 is 11.2 Å². The summed E-state index contributed by atoms with van der Waals surface area (Å²) in [5.74, 6) is -0.829. The average Bonchev–Trinajstić information content (AvgIpc) is 3.73. The molecule has 1 N–H and O–H groups in total. The highest BCUT2D eigenvalue weighted by atomic mass is 35.5. The van der Waals surface area contributed by atoms with E-state index in [1.54, 1.807) is 27.9 Å². The summed E-state index contributed by atoms with van der Waals surface area (Å²) in [6, 6.07) is 6.29. The molecular formula is C30H33ClFN7O3. The number of amides is 3. The van der Waals surface area contributed by atoms with Crippen molar-refractivity contribution >= 4 is 46.0 Å². The molecule has 1 spiro atoms. The van der Waals surface area contributed by atoms with Crippen LogP contribution in [0.15, 0.2) is 30.5 Å². The van der Waals surface area contributed by atoms with E-state index in [2.05, 4.69) is 15.4 Å². The SMILES string of the molecule is CN[C@@]12CCC[C@@H]1CN(C(=O)CN1C(=O)C3(CCN(C(=O)c4ccc5c(cnn5C)n4)CC3)c3c1ccc(F)c3Cl)C2. The Bertz CT molecular complexity index is 1630. The van der Waals surface area contributed by atoms with Crippen molar-refractivity contribution in [1.29, 1.82) is 0 Å². The number of pyridine rings is 1. The Morgan fingerprint density at radius 2 is 1.93 bits per heavy atom. The van der Waals surface area contributed by atoms with Gasteiger partial charge in [-0.3, -0.25) is 19.1 Å². The van der Waals surface area contributed by atoms with Crippen molar-refractivity contribution in [3.8, 4) is 0 Å². The van der Waals surface area contributed by atoms with Crippen LogP contribution in [0.4, 0.5) is 10.1 Å². The highest BCUT2D eigenvalue weighted by Crippen LogP contribution is 2.52. The van der Waals surface area contributed by atoms with E-state index in [0.717, 1.165) is 24.8 Å². The summed E-state index contributed by atoms with van der Waals surface area (Å²) in [5.41, 5.74) is 1.48. The molecule has 1 aliphatic carbocycles. The molecule has 1 aromatic carbocycles. The van der Waals surface area contributed by atoms with E-state index in [4.69, 9.17) is 11.6 Å². The summed E-state index contributed by atoms with van der Waals surface area (Å²) in [6.45, 7) is 1.69. The van der Waals surface area contributed by atoms with Gasteiger partial charge in [0.1, 0.15) is 23.6 Å². The van der Waals surface area contributed by atoms with Crippen LogP contribution in [0.25, 0.3) is 11.0 Å². The van der Waals surface area contributed by atoms with E-state index in [1.165, 1.54) is 11.0 Å². The molecule has 0 unspecified atom stereocenters. The largest absolute Gasteiger partial charge is 0.339 e. The molecule has 2 atom stereocenters. The fourth-order valence-corrected chi connectivity index (χ4v) is 8.19. The third-order valence-corrected chi connectivity index (χ3v) is 10.6. The number of likely N-dealkylation sites (tertiary alicyclic amines) is 2. The van der Waals surface area contributed by atoms with Gasteiger partial charge in [0.25, 0.3) is 5.91 Å². The molecule has 42 heavy (non-hydrogen) atoms. The maximum Gasteiger partial charge on any atom is 0.272 e. The van der Waals surface area contributed by atoms with E-state index >= 15 is 0 Å². The Hall–Kier alpha value is -3.57. The quantitative estimate of drug-likeness (QED) is 0.499. The fourth-order valence-electron chi connectivity index (χ4n) is 7.85. The predicted molar refractivity (Wildman–Crippen MR) is 155 cm³/mol. The van der Waals surface area contributed by atoms with Crippen LogP contribution in [0.2, 0.25) is 5.02 Å². The summed E-state index contributed by atoms with van der Waals surface area (Å²) < 4.78 is 16.5. The molecule has 0 bridgehead atoms. The van der Waals surface area contributed by atoms with Crippen LogP contribution in [-0.4, -0.2) is 87.6 Å². The van der Waals surface area contributed by atoms with Crippen LogP contribution >= 0.6 is 11.6 Å². The number of aromatic nitrogens is 3. The first-order chi connectivity index (χ1) is 20.2. The van der Waals surface area contributed by atoms with Crippen molar-refractivity contribution in [2.24, 2.45) is 13.0 Å². The number of anilines is 1. The number of benzene rings is 1. The molecule has 3 amide bonds. The number of likely N-dealkylation sites (N-methyl/N-ethyl adjacent to an activating group) is 1. The van der Waals surface area contributed by atoms with Crippen molar-refractivity contribution in [3.63, 3.8) is 0 Å². The Morgan fingerprint density at radius 3 is 2.67 bits per heavy atom. The van der Waals surface area contributed by atoms with Crippen LogP contribution < -0.4 is 10.2 Å². The van der Waals surface area contributed by atoms with Crippen molar-refractivity contribution in [2.75, 3.05) is 44.7 Å². The van der Waals surface area contributed by atoms with Gasteiger partial charge in [0.05, 0.1) is 27.8 Å². The molecule has 0 radical (unpaired) electrons. The van der Waals surface area contributed by atoms with Crippen LogP contribution in [-0.2, 0) is 22.1 Å². The number of halogens is 2. The van der Waals surface area contributed by atoms with E-state index in [9.17, 15) is 18.8 Å². The monoisotopic (exact) mass is 593 g/mol. The van der Waals surface area contributed by atoms with Crippen molar-refractivity contribution in [1.82, 2.24) is 29.9 Å². The Morgan fingerprint density at radius 1 is 1.14 bits per heavy atom. The number of fused-ring (bicyclic) bond motifs is 4. The third kappa shape index (κ3) is 3.89. The molecule has 3 fully saturated rings. The summed E-state index contributed by atoms with van der Waals surface area (Å²) in [5, 5.41) is 7.56. The summed E-state index contributed by atoms with van der Waals surface area (Å²) in [4.78, 5) is 50.7. The lowest BCUT2D eigenvalue weighted by Crippen LogP contribution is -2.52. The summed E-state index contributed by atoms with van der Waals surface area (Å²) in [6.07, 6.45) is 5.40. The van der Waals surface area contributed by atoms with Gasteiger partial charge in [0.2, 0.25) is 11.8 Å². The lowest BCUT2D eigenvalue weighted by molar-refractivity contribution is -0.132. The number of carbonyl (C=O) groups is 3. The van der Waals surface area contributed by atoms with Gasteiger partial charge in [0, 0.05) is 44.3 Å². The first-order valence-electron chi connectivity index (χ1n) is 14.5. The Balaban J connectivity index is 1.13. The van der Waals surface area contributed by atoms with Crippen LogP contribution in [0, 0.1) is 11.7 Å². The van der Waals surface area contributed by atoms with Crippen molar-refractivity contribution < 1.29 is 18.8 Å². The summed E-state index contributed by atoms with van der Waals surface area (Å²) >= 11 is 6.55. The molecule has 3 aliphatic heterocycles. The Labute approximate surface area is 247 Å².